The Balaban J connectivity index is -0.00000000628. The summed E-state index contributed by atoms with van der Waals surface area (Å²) in [7, 11) is 0. The molecule has 0 heterocycles. The molecule has 0 amide bonds. The molecule has 0 radical (unpaired) electrons. The van der Waals surface area contributed by atoms with Gasteiger partial charge in [0.25, 0.3) is 0 Å². The van der Waals surface area contributed by atoms with Crippen LogP contribution in [0.1, 0.15) is 0 Å². The average Bonchev–Trinajstić information content (AvgIpc) is 2.45. The SMILES string of the molecule is [C-]#N.[C-]#N.[C-]#N.[C-]#N.[C-]#N.[C-]#N.[Mn]=[Fe].[Zn+2]. The molecule has 15 heavy (non-hydrogen) atoms. The Kier molecular flexibility index (Phi) is 3980. The van der Waals surface area contributed by atoms with Crippen LogP contribution in [0, 0.1) is 71.0 Å². The van der Waals surface area contributed by atoms with Gasteiger partial charge >= 0.3 is 46.8 Å². The van der Waals surface area contributed by atoms with E-state index in [2.05, 4.69) is 27.3 Å². The Labute approximate surface area is 117 Å². The van der Waals surface area contributed by atoms with Gasteiger partial charge in [0.05, 0.1) is 0 Å². The van der Waals surface area contributed by atoms with Crippen molar-refractivity contribution in [2.75, 3.05) is 0 Å². The van der Waals surface area contributed by atoms with Gasteiger partial charge in [-0.25, -0.2) is 0 Å². The van der Waals surface area contributed by atoms with Crippen LogP contribution in [0.2, 0.25) is 0 Å². The summed E-state index contributed by atoms with van der Waals surface area (Å²) in [6.45, 7) is 28.5. The molecule has 0 rings (SSSR count). The summed E-state index contributed by atoms with van der Waals surface area (Å²) in [4.78, 5) is 0. The van der Waals surface area contributed by atoms with Crippen molar-refractivity contribution in [3.63, 3.8) is 0 Å². The van der Waals surface area contributed by atoms with Gasteiger partial charge in [-0.15, -0.1) is 0 Å². The van der Waals surface area contributed by atoms with Gasteiger partial charge in [-0.1, -0.05) is 0 Å². The van der Waals surface area contributed by atoms with Gasteiger partial charge in [0, 0.05) is 0 Å². The van der Waals surface area contributed by atoms with Crippen molar-refractivity contribution in [3.8, 4) is 0 Å². The average molecular weight is 332 g/mol. The van der Waals surface area contributed by atoms with Gasteiger partial charge in [-0.05, 0) is 0 Å². The fraction of sp³-hybridized carbons (Fsp3) is 0. The molecular weight excluding hydrogens is 332 g/mol. The van der Waals surface area contributed by atoms with Crippen LogP contribution in [-0.2, 0) is 46.8 Å². The molecule has 0 saturated heterocycles. The molecule has 0 aliphatic rings. The largest absolute Gasteiger partial charge is 2.00 e. The Hall–Kier alpha value is -1.40. The van der Waals surface area contributed by atoms with E-state index in [-0.39, 0.29) is 19.5 Å². The predicted octanol–water partition coefficient (Wildman–Crippen LogP) is 0.571. The minimum Gasteiger partial charge on any atom is 2.00 e. The molecule has 0 aromatic carbocycles. The second-order valence-corrected chi connectivity index (χ2v) is 0. The van der Waals surface area contributed by atoms with E-state index in [0.717, 1.165) is 0 Å². The minimum absolute atomic E-state index is 0. The number of hydrogen-bond acceptors (Lipinski definition) is 6. The monoisotopic (exact) mass is 331 g/mol. The maximum Gasteiger partial charge on any atom is 2.00 e. The zero-order valence-corrected chi connectivity index (χ0v) is 12.4. The van der Waals surface area contributed by atoms with Crippen LogP contribution in [0.25, 0.3) is 0 Å². The van der Waals surface area contributed by atoms with Crippen LogP contribution in [0.3, 0.4) is 0 Å². The second-order valence-electron chi connectivity index (χ2n) is 0. The first-order chi connectivity index (χ1) is 7.00. The standard InChI is InChI=1S/6CN.Fe.Mn.Zn/c6*1-2;;;/q6*-1;;;+2. The van der Waals surface area contributed by atoms with Gasteiger partial charge in [-0.2, -0.15) is 0 Å². The molecule has 6 nitrogen and oxygen atoms in total. The third-order valence-electron chi connectivity index (χ3n) is 0. The van der Waals surface area contributed by atoms with Crippen LogP contribution < -0.4 is 0 Å². The summed E-state index contributed by atoms with van der Waals surface area (Å²) in [5.41, 5.74) is 0. The maximum absolute atomic E-state index is 6.25. The minimum atomic E-state index is 0. The van der Waals surface area contributed by atoms with Crippen molar-refractivity contribution >= 4 is 0 Å². The summed E-state index contributed by atoms with van der Waals surface area (Å²) in [6.07, 6.45) is 0. The topological polar surface area (TPSA) is 143 Å². The Morgan fingerprint density at radius 3 is 0.467 bits per heavy atom. The fourth-order valence-corrected chi connectivity index (χ4v) is 0. The number of nitrogens with zero attached hydrogens (tertiary/aromatic N) is 6. The molecule has 0 atom stereocenters. The first-order valence-electron chi connectivity index (χ1n) is 1.48. The van der Waals surface area contributed by atoms with E-state index in [1.807, 2.05) is 0 Å². The summed E-state index contributed by atoms with van der Waals surface area (Å²) >= 11 is 5.75. The molecule has 9 heteroatoms. The van der Waals surface area contributed by atoms with Gasteiger partial charge in [-0.3, -0.25) is 0 Å². The molecule has 0 aromatic heterocycles. The van der Waals surface area contributed by atoms with E-state index in [1.165, 1.54) is 0 Å². The van der Waals surface area contributed by atoms with Crippen LogP contribution in [0.5, 0.6) is 0 Å². The molecule has 0 N–H and O–H groups in total. The normalized spacial score (nSPS) is 1.13. The quantitative estimate of drug-likeness (QED) is 0.468. The zero-order chi connectivity index (χ0) is 14.0. The van der Waals surface area contributed by atoms with E-state index in [1.54, 1.807) is 0 Å². The molecule has 0 fully saturated rings. The molecule has 75 valence electrons. The van der Waals surface area contributed by atoms with Gasteiger partial charge in [0.15, 0.2) is 0 Å². The summed E-state index contributed by atoms with van der Waals surface area (Å²) in [5.74, 6) is 0. The third kappa shape index (κ3) is 725. The molecule has 0 aliphatic heterocycles. The van der Waals surface area contributed by atoms with Gasteiger partial charge in [0.1, 0.15) is 0 Å². The Morgan fingerprint density at radius 2 is 0.467 bits per heavy atom. The molecule has 0 unspecified atom stereocenters. The van der Waals surface area contributed by atoms with E-state index in [9.17, 15) is 0 Å². The van der Waals surface area contributed by atoms with Crippen molar-refractivity contribution in [1.29, 1.82) is 31.6 Å². The van der Waals surface area contributed by atoms with Crippen LogP contribution in [0.4, 0.5) is 0 Å². The molecular formula is C6FeMnN6Zn-4. The van der Waals surface area contributed by atoms with Crippen LogP contribution in [-0.4, -0.2) is 0 Å². The Bertz CT molecular complexity index is 114. The smallest absolute Gasteiger partial charge is 2.00 e. The van der Waals surface area contributed by atoms with Crippen LogP contribution >= 0.6 is 0 Å². The summed E-state index contributed by atoms with van der Waals surface area (Å²) in [6, 6.07) is 0. The zero-order valence-electron chi connectivity index (χ0n) is 7.12. The summed E-state index contributed by atoms with van der Waals surface area (Å²) < 4.78 is 0. The number of rotatable bonds is 0. The van der Waals surface area contributed by atoms with Crippen molar-refractivity contribution in [1.82, 2.24) is 0 Å². The van der Waals surface area contributed by atoms with Gasteiger partial charge in [0.2, 0.25) is 0 Å². The van der Waals surface area contributed by atoms with Crippen molar-refractivity contribution in [2.24, 2.45) is 0 Å². The maximum atomic E-state index is 6.25. The molecule has 0 aliphatic carbocycles. The fourth-order valence-electron chi connectivity index (χ4n) is 0. The first kappa shape index (κ1) is 68.8. The van der Waals surface area contributed by atoms with E-state index in [0.29, 0.717) is 0 Å². The third-order valence-corrected chi connectivity index (χ3v) is 0. The second kappa shape index (κ2) is 868. The number of hydrogen-bond donors (Lipinski definition) is 0. The van der Waals surface area contributed by atoms with Crippen molar-refractivity contribution in [3.05, 3.63) is 39.4 Å². The van der Waals surface area contributed by atoms with E-state index in [4.69, 9.17) is 71.0 Å². The molecule has 0 aromatic rings. The van der Waals surface area contributed by atoms with Gasteiger partial charge < -0.3 is 71.0 Å². The summed E-state index contributed by atoms with van der Waals surface area (Å²) in [5, 5.41) is 37.5. The van der Waals surface area contributed by atoms with Crippen molar-refractivity contribution in [2.45, 2.75) is 0 Å². The molecule has 0 saturated carbocycles. The molecule has 0 spiro atoms. The first-order valence-corrected chi connectivity index (χ1v) is 3.61. The predicted molar refractivity (Wildman–Crippen MR) is 29.8 cm³/mol. The van der Waals surface area contributed by atoms with E-state index < -0.39 is 0 Å². The van der Waals surface area contributed by atoms with Crippen molar-refractivity contribution < 1.29 is 46.8 Å². The molecule has 0 bridgehead atoms. The van der Waals surface area contributed by atoms with E-state index >= 15 is 0 Å². The Morgan fingerprint density at radius 1 is 0.467 bits per heavy atom. The van der Waals surface area contributed by atoms with Crippen LogP contribution in [0.15, 0.2) is 0 Å².